The summed E-state index contributed by atoms with van der Waals surface area (Å²) < 4.78 is 5.06. The highest BCUT2D eigenvalue weighted by atomic mass is 16.5. The number of methoxy groups -OCH3 is 1. The van der Waals surface area contributed by atoms with Gasteiger partial charge in [0.2, 0.25) is 0 Å². The number of hydrogen-bond donors (Lipinski definition) is 1. The van der Waals surface area contributed by atoms with Gasteiger partial charge < -0.3 is 9.84 Å². The first kappa shape index (κ1) is 10.2. The molecule has 0 aliphatic rings. The monoisotopic (exact) mass is 180 g/mol. The van der Waals surface area contributed by atoms with Crippen molar-refractivity contribution in [1.29, 1.82) is 0 Å². The fourth-order valence-corrected chi connectivity index (χ4v) is 1.25. The van der Waals surface area contributed by atoms with E-state index in [1.165, 1.54) is 0 Å². The third kappa shape index (κ3) is 2.54. The Labute approximate surface area is 79.2 Å². The van der Waals surface area contributed by atoms with E-state index >= 15 is 0 Å². The summed E-state index contributed by atoms with van der Waals surface area (Å²) in [5, 5.41) is 9.79. The summed E-state index contributed by atoms with van der Waals surface area (Å²) in [6, 6.07) is 7.83. The van der Waals surface area contributed by atoms with Gasteiger partial charge in [0.15, 0.2) is 0 Å². The summed E-state index contributed by atoms with van der Waals surface area (Å²) in [6.45, 7) is 3.86. The van der Waals surface area contributed by atoms with E-state index in [1.54, 1.807) is 7.11 Å². The molecule has 13 heavy (non-hydrogen) atoms. The molecule has 1 N–H and O–H groups in total. The average molecular weight is 180 g/mol. The Morgan fingerprint density at radius 1 is 1.38 bits per heavy atom. The van der Waals surface area contributed by atoms with Gasteiger partial charge in [-0.15, -0.1) is 0 Å². The zero-order valence-electron chi connectivity index (χ0n) is 8.32. The lowest BCUT2D eigenvalue weighted by Crippen LogP contribution is -2.16. The Balaban J connectivity index is 2.82. The Morgan fingerprint density at radius 3 is 2.62 bits per heavy atom. The van der Waals surface area contributed by atoms with Gasteiger partial charge in [0.05, 0.1) is 6.10 Å². The largest absolute Gasteiger partial charge is 0.386 e. The minimum Gasteiger partial charge on any atom is -0.386 e. The van der Waals surface area contributed by atoms with Crippen molar-refractivity contribution in [2.24, 2.45) is 0 Å². The van der Waals surface area contributed by atoms with E-state index in [0.29, 0.717) is 0 Å². The van der Waals surface area contributed by atoms with E-state index in [2.05, 4.69) is 0 Å². The van der Waals surface area contributed by atoms with Crippen LogP contribution in [0.5, 0.6) is 0 Å². The normalized spacial score (nSPS) is 15.4. The van der Waals surface area contributed by atoms with Crippen LogP contribution in [0.25, 0.3) is 0 Å². The van der Waals surface area contributed by atoms with Gasteiger partial charge in [-0.05, 0) is 19.4 Å². The molecule has 0 fully saturated rings. The lowest BCUT2D eigenvalue weighted by molar-refractivity contribution is -0.00144. The second-order valence-corrected chi connectivity index (χ2v) is 3.30. The summed E-state index contributed by atoms with van der Waals surface area (Å²) in [5.74, 6) is 0. The number of rotatable bonds is 3. The highest BCUT2D eigenvalue weighted by Gasteiger charge is 2.14. The van der Waals surface area contributed by atoms with E-state index in [-0.39, 0.29) is 6.10 Å². The van der Waals surface area contributed by atoms with Gasteiger partial charge in [-0.3, -0.25) is 0 Å². The lowest BCUT2D eigenvalue weighted by atomic mass is 10.0. The minimum absolute atomic E-state index is 0.165. The first-order chi connectivity index (χ1) is 6.15. The Morgan fingerprint density at radius 2 is 2.08 bits per heavy atom. The molecule has 0 aliphatic heterocycles. The van der Waals surface area contributed by atoms with Crippen molar-refractivity contribution in [2.75, 3.05) is 7.11 Å². The summed E-state index contributed by atoms with van der Waals surface area (Å²) in [7, 11) is 1.60. The van der Waals surface area contributed by atoms with Gasteiger partial charge in [0.1, 0.15) is 6.10 Å². The molecule has 72 valence electrons. The van der Waals surface area contributed by atoms with E-state index in [9.17, 15) is 5.11 Å². The number of aliphatic hydroxyl groups is 1. The second kappa shape index (κ2) is 4.40. The molecule has 0 radical (unpaired) electrons. The molecule has 0 aromatic heterocycles. The summed E-state index contributed by atoms with van der Waals surface area (Å²) >= 11 is 0. The predicted octanol–water partition coefficient (Wildman–Crippen LogP) is 2.06. The van der Waals surface area contributed by atoms with Crippen LogP contribution in [0.1, 0.15) is 24.2 Å². The Hall–Kier alpha value is -0.860. The number of benzene rings is 1. The molecule has 0 amide bonds. The molecule has 1 aromatic carbocycles. The van der Waals surface area contributed by atoms with Crippen molar-refractivity contribution in [1.82, 2.24) is 0 Å². The zero-order valence-corrected chi connectivity index (χ0v) is 8.32. The van der Waals surface area contributed by atoms with Gasteiger partial charge >= 0.3 is 0 Å². The zero-order chi connectivity index (χ0) is 9.84. The molecule has 2 unspecified atom stereocenters. The summed E-state index contributed by atoms with van der Waals surface area (Å²) in [5.41, 5.74) is 2.06. The van der Waals surface area contributed by atoms with Gasteiger partial charge in [-0.25, -0.2) is 0 Å². The summed E-state index contributed by atoms with van der Waals surface area (Å²) in [6.07, 6.45) is -0.702. The number of hydrogen-bond acceptors (Lipinski definition) is 2. The third-order valence-electron chi connectivity index (χ3n) is 2.20. The number of aliphatic hydroxyl groups excluding tert-OH is 1. The summed E-state index contributed by atoms with van der Waals surface area (Å²) in [4.78, 5) is 0. The molecule has 0 saturated heterocycles. The molecule has 2 nitrogen and oxygen atoms in total. The van der Waals surface area contributed by atoms with Crippen LogP contribution in [0, 0.1) is 6.92 Å². The van der Waals surface area contributed by atoms with E-state index in [0.717, 1.165) is 11.1 Å². The van der Waals surface area contributed by atoms with E-state index in [4.69, 9.17) is 4.74 Å². The quantitative estimate of drug-likeness (QED) is 0.771. The maximum absolute atomic E-state index is 9.79. The molecule has 0 bridgehead atoms. The average Bonchev–Trinajstić information content (AvgIpc) is 2.15. The Bertz CT molecular complexity index is 271. The van der Waals surface area contributed by atoms with Crippen LogP contribution in [0.2, 0.25) is 0 Å². The van der Waals surface area contributed by atoms with Gasteiger partial charge in [0.25, 0.3) is 0 Å². The first-order valence-corrected chi connectivity index (χ1v) is 4.42. The fourth-order valence-electron chi connectivity index (χ4n) is 1.25. The topological polar surface area (TPSA) is 29.5 Å². The lowest BCUT2D eigenvalue weighted by Gasteiger charge is -2.17. The molecule has 0 saturated carbocycles. The molecule has 1 rings (SSSR count). The smallest absolute Gasteiger partial charge is 0.105 e. The second-order valence-electron chi connectivity index (χ2n) is 3.30. The molecule has 0 aliphatic carbocycles. The van der Waals surface area contributed by atoms with Crippen LogP contribution in [0.4, 0.5) is 0 Å². The molecular formula is C11H16O2. The molecular weight excluding hydrogens is 164 g/mol. The van der Waals surface area contributed by atoms with Crippen LogP contribution < -0.4 is 0 Å². The molecule has 2 atom stereocenters. The highest BCUT2D eigenvalue weighted by Crippen LogP contribution is 2.19. The number of aryl methyl sites for hydroxylation is 1. The van der Waals surface area contributed by atoms with Gasteiger partial charge in [-0.1, -0.05) is 29.8 Å². The third-order valence-corrected chi connectivity index (χ3v) is 2.20. The standard InChI is InChI=1S/C11H16O2/c1-8-5-4-6-10(7-8)11(12)9(2)13-3/h4-7,9,11-12H,1-3H3. The van der Waals surface area contributed by atoms with Crippen LogP contribution in [-0.2, 0) is 4.74 Å². The molecule has 2 heteroatoms. The first-order valence-electron chi connectivity index (χ1n) is 4.42. The maximum Gasteiger partial charge on any atom is 0.105 e. The van der Waals surface area contributed by atoms with Gasteiger partial charge in [0, 0.05) is 7.11 Å². The fraction of sp³-hybridized carbons (Fsp3) is 0.455. The minimum atomic E-state index is -0.537. The van der Waals surface area contributed by atoms with Crippen molar-refractivity contribution < 1.29 is 9.84 Å². The van der Waals surface area contributed by atoms with Crippen LogP contribution >= 0.6 is 0 Å². The van der Waals surface area contributed by atoms with Gasteiger partial charge in [-0.2, -0.15) is 0 Å². The van der Waals surface area contributed by atoms with Crippen LogP contribution in [-0.4, -0.2) is 18.3 Å². The maximum atomic E-state index is 9.79. The Kier molecular flexibility index (Phi) is 3.46. The molecule has 0 heterocycles. The van der Waals surface area contributed by atoms with Crippen molar-refractivity contribution in [3.63, 3.8) is 0 Å². The number of ether oxygens (including phenoxy) is 1. The van der Waals surface area contributed by atoms with E-state index in [1.807, 2.05) is 38.1 Å². The SMILES string of the molecule is COC(C)C(O)c1cccc(C)c1. The highest BCUT2D eigenvalue weighted by molar-refractivity contribution is 5.24. The molecule has 1 aromatic rings. The van der Waals surface area contributed by atoms with Crippen molar-refractivity contribution in [3.05, 3.63) is 35.4 Å². The molecule has 0 spiro atoms. The van der Waals surface area contributed by atoms with E-state index < -0.39 is 6.10 Å². The van der Waals surface area contributed by atoms with Crippen molar-refractivity contribution in [3.8, 4) is 0 Å². The predicted molar refractivity (Wildman–Crippen MR) is 52.6 cm³/mol. The van der Waals surface area contributed by atoms with Crippen LogP contribution in [0.15, 0.2) is 24.3 Å². The van der Waals surface area contributed by atoms with Crippen LogP contribution in [0.3, 0.4) is 0 Å². The van der Waals surface area contributed by atoms with Crippen molar-refractivity contribution in [2.45, 2.75) is 26.1 Å². The van der Waals surface area contributed by atoms with Crippen molar-refractivity contribution >= 4 is 0 Å².